The minimum Gasteiger partial charge on any atom is -0.494 e. The average molecular weight is 353 g/mol. The fourth-order valence-electron chi connectivity index (χ4n) is 2.37. The first kappa shape index (κ1) is 17.0. The molecular formula is C19H15NO4S. The zero-order chi connectivity index (χ0) is 17.8. The molecule has 126 valence electrons. The summed E-state index contributed by atoms with van der Waals surface area (Å²) >= 11 is 0.894. The Morgan fingerprint density at radius 2 is 1.64 bits per heavy atom. The Morgan fingerprint density at radius 3 is 2.24 bits per heavy atom. The van der Waals surface area contributed by atoms with E-state index < -0.39 is 0 Å². The summed E-state index contributed by atoms with van der Waals surface area (Å²) in [5.74, 6) is 0.322. The zero-order valence-corrected chi connectivity index (χ0v) is 14.3. The van der Waals surface area contributed by atoms with E-state index in [9.17, 15) is 14.4 Å². The Bertz CT molecular complexity index is 841. The van der Waals surface area contributed by atoms with Crippen molar-refractivity contribution in [2.24, 2.45) is 0 Å². The Morgan fingerprint density at radius 1 is 1.00 bits per heavy atom. The Kier molecular flexibility index (Phi) is 5.00. The molecule has 0 bridgehead atoms. The largest absolute Gasteiger partial charge is 0.494 e. The summed E-state index contributed by atoms with van der Waals surface area (Å²) in [5.41, 5.74) is 1.81. The summed E-state index contributed by atoms with van der Waals surface area (Å²) in [4.78, 5) is 37.0. The van der Waals surface area contributed by atoms with Crippen LogP contribution in [0, 0.1) is 0 Å². The van der Waals surface area contributed by atoms with Crippen molar-refractivity contribution in [3.8, 4) is 5.75 Å². The number of carbonyl (C=O) groups is 3. The molecule has 0 aliphatic carbocycles. The Hall–Kier alpha value is -2.86. The highest BCUT2D eigenvalue weighted by molar-refractivity contribution is 8.19. The predicted octanol–water partition coefficient (Wildman–Crippen LogP) is 4.14. The first-order valence-corrected chi connectivity index (χ1v) is 8.50. The monoisotopic (exact) mass is 353 g/mol. The van der Waals surface area contributed by atoms with E-state index in [2.05, 4.69) is 0 Å². The molecule has 0 spiro atoms. The molecule has 1 aliphatic heterocycles. The molecule has 5 nitrogen and oxygen atoms in total. The Balaban J connectivity index is 1.83. The first-order chi connectivity index (χ1) is 12.1. The van der Waals surface area contributed by atoms with Gasteiger partial charge in [-0.05, 0) is 54.6 Å². The highest BCUT2D eigenvalue weighted by atomic mass is 32.2. The van der Waals surface area contributed by atoms with Gasteiger partial charge in [-0.2, -0.15) is 0 Å². The molecule has 2 amide bonds. The molecule has 2 aromatic rings. The van der Waals surface area contributed by atoms with Gasteiger partial charge >= 0.3 is 0 Å². The molecular weight excluding hydrogens is 338 g/mol. The molecule has 2 aromatic carbocycles. The van der Waals surface area contributed by atoms with E-state index in [4.69, 9.17) is 4.74 Å². The number of imide groups is 1. The highest BCUT2D eigenvalue weighted by Crippen LogP contribution is 2.36. The quantitative estimate of drug-likeness (QED) is 0.597. The maximum absolute atomic E-state index is 12.6. The number of thioether (sulfide) groups is 1. The second-order valence-corrected chi connectivity index (χ2v) is 6.22. The number of hydrogen-bond donors (Lipinski definition) is 0. The van der Waals surface area contributed by atoms with Gasteiger partial charge in [-0.1, -0.05) is 24.3 Å². The van der Waals surface area contributed by atoms with Gasteiger partial charge in [0.25, 0.3) is 11.1 Å². The van der Waals surface area contributed by atoms with E-state index in [1.807, 2.05) is 6.92 Å². The fraction of sp³-hybridized carbons (Fsp3) is 0.105. The number of nitrogens with zero attached hydrogens (tertiary/aromatic N) is 1. The number of aldehydes is 1. The average Bonchev–Trinajstić information content (AvgIpc) is 2.90. The van der Waals surface area contributed by atoms with Crippen LogP contribution in [0.3, 0.4) is 0 Å². The van der Waals surface area contributed by atoms with Gasteiger partial charge in [-0.15, -0.1) is 0 Å². The second-order valence-electron chi connectivity index (χ2n) is 5.23. The van der Waals surface area contributed by atoms with E-state index in [-0.39, 0.29) is 11.1 Å². The van der Waals surface area contributed by atoms with Crippen LogP contribution in [0.15, 0.2) is 53.4 Å². The van der Waals surface area contributed by atoms with Crippen molar-refractivity contribution in [3.63, 3.8) is 0 Å². The first-order valence-electron chi connectivity index (χ1n) is 7.68. The van der Waals surface area contributed by atoms with Crippen molar-refractivity contribution in [3.05, 3.63) is 64.6 Å². The molecule has 0 radical (unpaired) electrons. The normalized spacial score (nSPS) is 15.7. The van der Waals surface area contributed by atoms with Crippen LogP contribution in [-0.4, -0.2) is 24.0 Å². The summed E-state index contributed by atoms with van der Waals surface area (Å²) in [6, 6.07) is 13.6. The van der Waals surface area contributed by atoms with Crippen LogP contribution in [0.5, 0.6) is 5.75 Å². The van der Waals surface area contributed by atoms with Crippen LogP contribution < -0.4 is 9.64 Å². The molecule has 0 N–H and O–H groups in total. The van der Waals surface area contributed by atoms with E-state index in [0.29, 0.717) is 28.5 Å². The lowest BCUT2D eigenvalue weighted by atomic mass is 10.1. The van der Waals surface area contributed by atoms with Gasteiger partial charge in [0.2, 0.25) is 0 Å². The molecule has 1 saturated heterocycles. The van der Waals surface area contributed by atoms with E-state index in [1.54, 1.807) is 54.6 Å². The molecule has 3 rings (SSSR count). The molecule has 0 saturated carbocycles. The molecule has 6 heteroatoms. The predicted molar refractivity (Wildman–Crippen MR) is 97.9 cm³/mol. The summed E-state index contributed by atoms with van der Waals surface area (Å²) in [6.45, 7) is 2.43. The number of hydrogen-bond acceptors (Lipinski definition) is 5. The number of anilines is 1. The molecule has 1 heterocycles. The third-order valence-corrected chi connectivity index (χ3v) is 4.44. The summed E-state index contributed by atoms with van der Waals surface area (Å²) in [7, 11) is 0. The molecule has 1 fully saturated rings. The zero-order valence-electron chi connectivity index (χ0n) is 13.5. The van der Waals surface area contributed by atoms with Gasteiger partial charge in [0.15, 0.2) is 0 Å². The SMILES string of the molecule is CCOc1ccc(N2C(=O)S/C(=C\c3ccc(C=O)cc3)C2=O)cc1. The van der Waals surface area contributed by atoms with E-state index in [1.165, 1.54) is 0 Å². The van der Waals surface area contributed by atoms with Crippen molar-refractivity contribution in [1.82, 2.24) is 0 Å². The smallest absolute Gasteiger partial charge is 0.298 e. The van der Waals surface area contributed by atoms with Crippen molar-refractivity contribution < 1.29 is 19.1 Å². The molecule has 0 aromatic heterocycles. The summed E-state index contributed by atoms with van der Waals surface area (Å²) in [6.07, 6.45) is 2.40. The minimum absolute atomic E-state index is 0.343. The molecule has 0 unspecified atom stereocenters. The van der Waals surface area contributed by atoms with Gasteiger partial charge in [0.05, 0.1) is 17.2 Å². The maximum atomic E-state index is 12.6. The number of ether oxygens (including phenoxy) is 1. The lowest BCUT2D eigenvalue weighted by Gasteiger charge is -2.13. The van der Waals surface area contributed by atoms with Crippen molar-refractivity contribution in [2.75, 3.05) is 11.5 Å². The third-order valence-electron chi connectivity index (χ3n) is 3.57. The topological polar surface area (TPSA) is 63.7 Å². The maximum Gasteiger partial charge on any atom is 0.298 e. The third kappa shape index (κ3) is 3.64. The van der Waals surface area contributed by atoms with Crippen LogP contribution in [0.25, 0.3) is 6.08 Å². The van der Waals surface area contributed by atoms with Gasteiger partial charge in [-0.3, -0.25) is 14.4 Å². The van der Waals surface area contributed by atoms with Crippen LogP contribution in [0.2, 0.25) is 0 Å². The number of rotatable bonds is 5. The van der Waals surface area contributed by atoms with Gasteiger partial charge < -0.3 is 4.74 Å². The van der Waals surface area contributed by atoms with Crippen LogP contribution in [0.1, 0.15) is 22.8 Å². The minimum atomic E-state index is -0.362. The summed E-state index contributed by atoms with van der Waals surface area (Å²) < 4.78 is 5.37. The van der Waals surface area contributed by atoms with Gasteiger partial charge in [-0.25, -0.2) is 4.90 Å². The fourth-order valence-corrected chi connectivity index (χ4v) is 3.21. The number of carbonyl (C=O) groups excluding carboxylic acids is 3. The van der Waals surface area contributed by atoms with Gasteiger partial charge in [0, 0.05) is 5.56 Å². The van der Waals surface area contributed by atoms with Crippen molar-refractivity contribution in [1.29, 1.82) is 0 Å². The van der Waals surface area contributed by atoms with Gasteiger partial charge in [0.1, 0.15) is 12.0 Å². The van der Waals surface area contributed by atoms with E-state index in [0.717, 1.165) is 28.5 Å². The van der Waals surface area contributed by atoms with Crippen LogP contribution in [0.4, 0.5) is 10.5 Å². The van der Waals surface area contributed by atoms with Crippen molar-refractivity contribution >= 4 is 41.0 Å². The number of amides is 2. The standard InChI is InChI=1S/C19H15NO4S/c1-2-24-16-9-7-15(8-10-16)20-18(22)17(25-19(20)23)11-13-3-5-14(12-21)6-4-13/h3-12H,2H2,1H3/b17-11-. The molecule has 0 atom stereocenters. The number of benzene rings is 2. The van der Waals surface area contributed by atoms with Crippen LogP contribution in [-0.2, 0) is 4.79 Å². The van der Waals surface area contributed by atoms with Crippen LogP contribution >= 0.6 is 11.8 Å². The Labute approximate surface area is 149 Å². The lowest BCUT2D eigenvalue weighted by Crippen LogP contribution is -2.27. The summed E-state index contributed by atoms with van der Waals surface area (Å²) in [5, 5.41) is -0.343. The highest BCUT2D eigenvalue weighted by Gasteiger charge is 2.36. The van der Waals surface area contributed by atoms with Crippen molar-refractivity contribution in [2.45, 2.75) is 6.92 Å². The second kappa shape index (κ2) is 7.36. The lowest BCUT2D eigenvalue weighted by molar-refractivity contribution is -0.113. The molecule has 1 aliphatic rings. The van der Waals surface area contributed by atoms with E-state index >= 15 is 0 Å². The molecule has 25 heavy (non-hydrogen) atoms.